The number of hydrogen-bond acceptors (Lipinski definition) is 6. The Hall–Kier alpha value is -2.93. The Morgan fingerprint density at radius 3 is 2.65 bits per heavy atom. The lowest BCUT2D eigenvalue weighted by Crippen LogP contribution is -2.42. The second-order valence-electron chi connectivity index (χ2n) is 8.74. The molecule has 0 amide bonds. The van der Waals surface area contributed by atoms with Gasteiger partial charge >= 0.3 is 0 Å². The molecule has 7 nitrogen and oxygen atoms in total. The number of piperidine rings is 1. The number of Topliss-reactive ketones (excluding diaryl/α,β-unsaturated/α-hetero) is 1. The minimum Gasteiger partial charge on any atom is -0.506 e. The number of benzene rings is 1. The molecule has 0 saturated carbocycles. The van der Waals surface area contributed by atoms with Gasteiger partial charge in [-0.25, -0.2) is 4.98 Å². The van der Waals surface area contributed by atoms with Crippen molar-refractivity contribution in [2.24, 2.45) is 5.92 Å². The van der Waals surface area contributed by atoms with Crippen LogP contribution < -0.4 is 5.32 Å². The molecule has 1 fully saturated rings. The van der Waals surface area contributed by atoms with Crippen molar-refractivity contribution in [3.05, 3.63) is 47.8 Å². The third-order valence-electron chi connectivity index (χ3n) is 6.00. The summed E-state index contributed by atoms with van der Waals surface area (Å²) in [7, 11) is 0. The van der Waals surface area contributed by atoms with E-state index in [4.69, 9.17) is 4.98 Å². The summed E-state index contributed by atoms with van der Waals surface area (Å²) in [6, 6.07) is 11.8. The van der Waals surface area contributed by atoms with Gasteiger partial charge < -0.3 is 15.0 Å². The number of fused-ring (bicyclic) bond motifs is 1. The van der Waals surface area contributed by atoms with Crippen LogP contribution in [0.4, 0.5) is 5.95 Å². The van der Waals surface area contributed by atoms with Crippen LogP contribution in [0.3, 0.4) is 0 Å². The van der Waals surface area contributed by atoms with Crippen molar-refractivity contribution in [3.8, 4) is 5.75 Å². The number of hydrogen-bond donors (Lipinski definition) is 2. The van der Waals surface area contributed by atoms with Gasteiger partial charge in [-0.1, -0.05) is 26.0 Å². The summed E-state index contributed by atoms with van der Waals surface area (Å²) in [5.74, 6) is 1.37. The number of rotatable bonds is 7. The summed E-state index contributed by atoms with van der Waals surface area (Å²) in [6.45, 7) is 8.63. The summed E-state index contributed by atoms with van der Waals surface area (Å²) in [6.07, 6.45) is 1.92. The summed E-state index contributed by atoms with van der Waals surface area (Å²) >= 11 is 0. The van der Waals surface area contributed by atoms with E-state index in [0.29, 0.717) is 30.6 Å². The van der Waals surface area contributed by atoms with Gasteiger partial charge in [-0.05, 0) is 44.0 Å². The fourth-order valence-electron chi connectivity index (χ4n) is 4.04. The number of anilines is 1. The van der Waals surface area contributed by atoms with Crippen LogP contribution >= 0.6 is 0 Å². The van der Waals surface area contributed by atoms with Crippen LogP contribution in [0.25, 0.3) is 11.0 Å². The summed E-state index contributed by atoms with van der Waals surface area (Å²) < 4.78 is 2.09. The normalized spacial score (nSPS) is 15.6. The first kappa shape index (κ1) is 21.3. The van der Waals surface area contributed by atoms with Gasteiger partial charge in [0, 0.05) is 30.7 Å². The maximum Gasteiger partial charge on any atom is 0.204 e. The zero-order valence-electron chi connectivity index (χ0n) is 18.5. The Morgan fingerprint density at radius 1 is 1.16 bits per heavy atom. The molecule has 0 unspecified atom stereocenters. The van der Waals surface area contributed by atoms with Crippen molar-refractivity contribution >= 4 is 22.8 Å². The van der Waals surface area contributed by atoms with E-state index in [2.05, 4.69) is 19.8 Å². The highest BCUT2D eigenvalue weighted by Crippen LogP contribution is 2.25. The molecule has 164 valence electrons. The molecule has 1 aromatic carbocycles. The van der Waals surface area contributed by atoms with Crippen LogP contribution in [0.15, 0.2) is 36.4 Å². The number of carbonyl (C=O) groups is 1. The van der Waals surface area contributed by atoms with E-state index in [-0.39, 0.29) is 11.7 Å². The highest BCUT2D eigenvalue weighted by Gasteiger charge is 2.23. The molecule has 4 rings (SSSR count). The van der Waals surface area contributed by atoms with Gasteiger partial charge in [-0.3, -0.25) is 14.7 Å². The molecule has 3 heterocycles. The number of aromatic nitrogens is 3. The molecular weight excluding hydrogens is 390 g/mol. The maximum absolute atomic E-state index is 12.1. The summed E-state index contributed by atoms with van der Waals surface area (Å²) in [4.78, 5) is 23.7. The quantitative estimate of drug-likeness (QED) is 0.607. The van der Waals surface area contributed by atoms with Gasteiger partial charge in [0.05, 0.1) is 24.1 Å². The van der Waals surface area contributed by atoms with E-state index < -0.39 is 0 Å². The number of nitrogens with one attached hydrogen (secondary N) is 1. The number of carbonyl (C=O) groups excluding carboxylic acids is 1. The summed E-state index contributed by atoms with van der Waals surface area (Å²) in [5, 5.41) is 13.9. The number of likely N-dealkylation sites (tertiary alicyclic amines) is 1. The summed E-state index contributed by atoms with van der Waals surface area (Å²) in [5.41, 5.74) is 3.42. The molecule has 0 bridgehead atoms. The van der Waals surface area contributed by atoms with Crippen molar-refractivity contribution in [2.75, 3.05) is 25.0 Å². The predicted molar refractivity (Wildman–Crippen MR) is 122 cm³/mol. The fourth-order valence-corrected chi connectivity index (χ4v) is 4.04. The molecule has 0 aliphatic carbocycles. The lowest BCUT2D eigenvalue weighted by Gasteiger charge is -2.32. The predicted octanol–water partition coefficient (Wildman–Crippen LogP) is 3.60. The number of para-hydroxylation sites is 2. The number of pyridine rings is 1. The molecule has 31 heavy (non-hydrogen) atoms. The lowest BCUT2D eigenvalue weighted by atomic mass is 10.0. The first-order chi connectivity index (χ1) is 14.9. The van der Waals surface area contributed by atoms with Crippen molar-refractivity contribution in [2.45, 2.75) is 46.2 Å². The van der Waals surface area contributed by atoms with Gasteiger partial charge in [-0.2, -0.15) is 0 Å². The van der Waals surface area contributed by atoms with E-state index in [9.17, 15) is 9.90 Å². The number of aromatic hydroxyl groups is 1. The molecule has 0 spiro atoms. The van der Waals surface area contributed by atoms with Gasteiger partial charge in [0.2, 0.25) is 5.95 Å². The maximum atomic E-state index is 12.1. The SMILES string of the molecule is Cc1ccc(O)c(Cn2c(NC3CCN(CC(=O)C(C)C)CC3)nc3ccccc32)n1. The zero-order valence-corrected chi connectivity index (χ0v) is 18.5. The van der Waals surface area contributed by atoms with Crippen LogP contribution in [0.2, 0.25) is 0 Å². The third kappa shape index (κ3) is 4.88. The van der Waals surface area contributed by atoms with Gasteiger partial charge in [0.15, 0.2) is 0 Å². The monoisotopic (exact) mass is 421 g/mol. The van der Waals surface area contributed by atoms with Crippen molar-refractivity contribution in [1.82, 2.24) is 19.4 Å². The topological polar surface area (TPSA) is 83.3 Å². The zero-order chi connectivity index (χ0) is 22.0. The highest BCUT2D eigenvalue weighted by atomic mass is 16.3. The van der Waals surface area contributed by atoms with Crippen LogP contribution in [-0.4, -0.2) is 56.0 Å². The Labute approximate surface area is 183 Å². The molecule has 7 heteroatoms. The van der Waals surface area contributed by atoms with Crippen LogP contribution in [-0.2, 0) is 11.3 Å². The van der Waals surface area contributed by atoms with Crippen LogP contribution in [0, 0.1) is 12.8 Å². The van der Waals surface area contributed by atoms with Crippen molar-refractivity contribution in [1.29, 1.82) is 0 Å². The smallest absolute Gasteiger partial charge is 0.204 e. The van der Waals surface area contributed by atoms with Gasteiger partial charge in [-0.15, -0.1) is 0 Å². The number of ketones is 1. The van der Waals surface area contributed by atoms with Gasteiger partial charge in [0.1, 0.15) is 17.2 Å². The number of aryl methyl sites for hydroxylation is 1. The van der Waals surface area contributed by atoms with E-state index in [1.54, 1.807) is 6.07 Å². The van der Waals surface area contributed by atoms with Crippen molar-refractivity contribution in [3.63, 3.8) is 0 Å². The molecule has 0 radical (unpaired) electrons. The molecular formula is C24H31N5O2. The second kappa shape index (κ2) is 9.06. The molecule has 1 aliphatic heterocycles. The van der Waals surface area contributed by atoms with E-state index in [1.165, 1.54) is 0 Å². The Bertz CT molecular complexity index is 1070. The van der Waals surface area contributed by atoms with Crippen LogP contribution in [0.1, 0.15) is 38.1 Å². The molecule has 2 N–H and O–H groups in total. The first-order valence-corrected chi connectivity index (χ1v) is 11.0. The average Bonchev–Trinajstić information content (AvgIpc) is 3.09. The molecule has 2 aromatic heterocycles. The lowest BCUT2D eigenvalue weighted by molar-refractivity contribution is -0.123. The van der Waals surface area contributed by atoms with E-state index >= 15 is 0 Å². The molecule has 1 saturated heterocycles. The second-order valence-corrected chi connectivity index (χ2v) is 8.74. The minimum atomic E-state index is 0.0856. The first-order valence-electron chi connectivity index (χ1n) is 11.0. The van der Waals surface area contributed by atoms with Crippen LogP contribution in [0.5, 0.6) is 5.75 Å². The van der Waals surface area contributed by atoms with Gasteiger partial charge in [0.25, 0.3) is 0 Å². The largest absolute Gasteiger partial charge is 0.506 e. The van der Waals surface area contributed by atoms with E-state index in [1.807, 2.05) is 51.1 Å². The molecule has 0 atom stereocenters. The fraction of sp³-hybridized carbons (Fsp3) is 0.458. The average molecular weight is 422 g/mol. The minimum absolute atomic E-state index is 0.0856. The number of nitrogens with zero attached hydrogens (tertiary/aromatic N) is 4. The Kier molecular flexibility index (Phi) is 6.23. The Balaban J connectivity index is 1.51. The third-order valence-corrected chi connectivity index (χ3v) is 6.00. The van der Waals surface area contributed by atoms with Crippen molar-refractivity contribution < 1.29 is 9.90 Å². The number of imidazole rings is 1. The molecule has 3 aromatic rings. The van der Waals surface area contributed by atoms with E-state index in [0.717, 1.165) is 48.6 Å². The highest BCUT2D eigenvalue weighted by molar-refractivity contribution is 5.82. The molecule has 1 aliphatic rings. The standard InChI is InChI=1S/C24H31N5O2/c1-16(2)23(31)15-28-12-10-18(11-13-28)26-24-27-19-6-4-5-7-21(19)29(24)14-20-22(30)9-8-17(3)25-20/h4-9,16,18,30H,10-15H2,1-3H3,(H,26,27). The Morgan fingerprint density at radius 2 is 1.90 bits per heavy atom.